The molecule has 1 aliphatic heterocycles. The Bertz CT molecular complexity index is 540. The molecule has 0 amide bonds. The molecule has 0 fully saturated rings. The van der Waals surface area contributed by atoms with Gasteiger partial charge in [-0.1, -0.05) is 6.07 Å². The quantitative estimate of drug-likeness (QED) is 0.652. The van der Waals surface area contributed by atoms with Crippen LogP contribution in [-0.4, -0.2) is 13.2 Å². The molecule has 0 radical (unpaired) electrons. The van der Waals surface area contributed by atoms with E-state index in [9.17, 15) is 0 Å². The summed E-state index contributed by atoms with van der Waals surface area (Å²) in [7, 11) is 0. The van der Waals surface area contributed by atoms with E-state index in [1.807, 2.05) is 30.3 Å². The summed E-state index contributed by atoms with van der Waals surface area (Å²) in [6.45, 7) is 1.35. The van der Waals surface area contributed by atoms with Crippen LogP contribution in [0.4, 0.5) is 0 Å². The SMILES string of the molecule is NNC(c1ccc2c(c1)OCCCO2)c1ccco1. The summed E-state index contributed by atoms with van der Waals surface area (Å²) in [5.74, 6) is 7.91. The highest BCUT2D eigenvalue weighted by Crippen LogP contribution is 2.33. The molecule has 19 heavy (non-hydrogen) atoms. The molecule has 0 aliphatic carbocycles. The van der Waals surface area contributed by atoms with Gasteiger partial charge < -0.3 is 13.9 Å². The highest BCUT2D eigenvalue weighted by atomic mass is 16.5. The van der Waals surface area contributed by atoms with Gasteiger partial charge in [0.05, 0.1) is 19.5 Å². The molecule has 0 saturated heterocycles. The van der Waals surface area contributed by atoms with E-state index in [0.29, 0.717) is 13.2 Å². The molecule has 0 saturated carbocycles. The van der Waals surface area contributed by atoms with Crippen LogP contribution in [0.3, 0.4) is 0 Å². The molecule has 0 bridgehead atoms. The molecule has 2 heterocycles. The highest BCUT2D eigenvalue weighted by molar-refractivity contribution is 5.45. The third-order valence-corrected chi connectivity index (χ3v) is 3.10. The number of hydrazine groups is 1. The van der Waals surface area contributed by atoms with E-state index in [2.05, 4.69) is 5.43 Å². The summed E-state index contributed by atoms with van der Waals surface area (Å²) in [6, 6.07) is 9.32. The minimum absolute atomic E-state index is 0.202. The predicted octanol–water partition coefficient (Wildman–Crippen LogP) is 1.99. The minimum atomic E-state index is -0.202. The molecule has 1 aromatic carbocycles. The van der Waals surface area contributed by atoms with Gasteiger partial charge in [-0.25, -0.2) is 5.43 Å². The lowest BCUT2D eigenvalue weighted by Gasteiger charge is -2.16. The predicted molar refractivity (Wildman–Crippen MR) is 69.9 cm³/mol. The van der Waals surface area contributed by atoms with Crippen LogP contribution in [0.1, 0.15) is 23.8 Å². The third kappa shape index (κ3) is 2.43. The lowest BCUT2D eigenvalue weighted by atomic mass is 10.0. The first-order valence-corrected chi connectivity index (χ1v) is 6.27. The van der Waals surface area contributed by atoms with Gasteiger partial charge in [0.2, 0.25) is 0 Å². The summed E-state index contributed by atoms with van der Waals surface area (Å²) in [5, 5.41) is 0. The Morgan fingerprint density at radius 3 is 2.68 bits per heavy atom. The van der Waals surface area contributed by atoms with E-state index >= 15 is 0 Å². The van der Waals surface area contributed by atoms with Crippen LogP contribution < -0.4 is 20.7 Å². The number of nitrogens with one attached hydrogen (secondary N) is 1. The van der Waals surface area contributed by atoms with E-state index in [-0.39, 0.29) is 6.04 Å². The number of fused-ring (bicyclic) bond motifs is 1. The fourth-order valence-electron chi connectivity index (χ4n) is 2.16. The molecule has 3 N–H and O–H groups in total. The maximum Gasteiger partial charge on any atom is 0.161 e. The van der Waals surface area contributed by atoms with Crippen LogP contribution in [0.15, 0.2) is 41.0 Å². The minimum Gasteiger partial charge on any atom is -0.490 e. The van der Waals surface area contributed by atoms with Gasteiger partial charge in [0, 0.05) is 6.42 Å². The van der Waals surface area contributed by atoms with Crippen molar-refractivity contribution in [2.45, 2.75) is 12.5 Å². The molecular weight excluding hydrogens is 244 g/mol. The van der Waals surface area contributed by atoms with Gasteiger partial charge in [-0.2, -0.15) is 0 Å². The average molecular weight is 260 g/mol. The van der Waals surface area contributed by atoms with Crippen molar-refractivity contribution in [1.29, 1.82) is 0 Å². The topological polar surface area (TPSA) is 69.7 Å². The van der Waals surface area contributed by atoms with E-state index in [1.165, 1.54) is 0 Å². The van der Waals surface area contributed by atoms with Crippen molar-refractivity contribution in [1.82, 2.24) is 5.43 Å². The summed E-state index contributed by atoms with van der Waals surface area (Å²) in [6.07, 6.45) is 2.52. The number of rotatable bonds is 3. The fourth-order valence-corrected chi connectivity index (χ4v) is 2.16. The Kier molecular flexibility index (Phi) is 3.39. The van der Waals surface area contributed by atoms with E-state index in [4.69, 9.17) is 19.7 Å². The summed E-state index contributed by atoms with van der Waals surface area (Å²) < 4.78 is 16.7. The Morgan fingerprint density at radius 2 is 1.95 bits per heavy atom. The van der Waals surface area contributed by atoms with Gasteiger partial charge >= 0.3 is 0 Å². The number of ether oxygens (including phenoxy) is 2. The zero-order chi connectivity index (χ0) is 13.1. The van der Waals surface area contributed by atoms with Crippen LogP contribution in [0.2, 0.25) is 0 Å². The number of benzene rings is 1. The average Bonchev–Trinajstić information content (AvgIpc) is 2.85. The molecular formula is C14H16N2O3. The Labute approximate surface area is 111 Å². The largest absolute Gasteiger partial charge is 0.490 e. The molecule has 1 aliphatic rings. The molecule has 1 aromatic heterocycles. The summed E-state index contributed by atoms with van der Waals surface area (Å²) >= 11 is 0. The highest BCUT2D eigenvalue weighted by Gasteiger charge is 2.18. The van der Waals surface area contributed by atoms with Crippen molar-refractivity contribution in [3.8, 4) is 11.5 Å². The second kappa shape index (κ2) is 5.34. The molecule has 1 unspecified atom stereocenters. The number of nitrogens with two attached hydrogens (primary N) is 1. The molecule has 5 heteroatoms. The molecule has 1 atom stereocenters. The number of hydrogen-bond acceptors (Lipinski definition) is 5. The Hall–Kier alpha value is -1.98. The van der Waals surface area contributed by atoms with Crippen molar-refractivity contribution in [2.75, 3.05) is 13.2 Å². The van der Waals surface area contributed by atoms with Crippen LogP contribution in [0.25, 0.3) is 0 Å². The zero-order valence-electron chi connectivity index (χ0n) is 10.5. The first-order valence-electron chi connectivity index (χ1n) is 6.27. The standard InChI is InChI=1S/C14H16N2O3/c15-16-14(12-3-1-6-18-12)10-4-5-11-13(9-10)19-8-2-7-17-11/h1,3-6,9,14,16H,2,7-8,15H2. The Balaban J connectivity index is 1.94. The van der Waals surface area contributed by atoms with Crippen LogP contribution in [0, 0.1) is 0 Å². The number of hydrogen-bond donors (Lipinski definition) is 2. The summed E-state index contributed by atoms with van der Waals surface area (Å²) in [4.78, 5) is 0. The lowest BCUT2D eigenvalue weighted by molar-refractivity contribution is 0.297. The van der Waals surface area contributed by atoms with Crippen molar-refractivity contribution < 1.29 is 13.9 Å². The van der Waals surface area contributed by atoms with Crippen LogP contribution in [-0.2, 0) is 0 Å². The van der Waals surface area contributed by atoms with Gasteiger partial charge in [0.25, 0.3) is 0 Å². The van der Waals surface area contributed by atoms with Gasteiger partial charge in [-0.15, -0.1) is 0 Å². The monoisotopic (exact) mass is 260 g/mol. The van der Waals surface area contributed by atoms with Gasteiger partial charge in [-0.05, 0) is 29.8 Å². The van der Waals surface area contributed by atoms with Crippen LogP contribution in [0.5, 0.6) is 11.5 Å². The summed E-state index contributed by atoms with van der Waals surface area (Å²) in [5.41, 5.74) is 3.73. The first kappa shape index (κ1) is 12.1. The maximum absolute atomic E-state index is 5.68. The smallest absolute Gasteiger partial charge is 0.161 e. The lowest BCUT2D eigenvalue weighted by Crippen LogP contribution is -2.28. The van der Waals surface area contributed by atoms with E-state index in [1.54, 1.807) is 6.26 Å². The van der Waals surface area contributed by atoms with Gasteiger partial charge in [0.1, 0.15) is 11.8 Å². The van der Waals surface area contributed by atoms with E-state index < -0.39 is 0 Å². The first-order chi connectivity index (χ1) is 9.38. The second-order valence-corrected chi connectivity index (χ2v) is 4.37. The third-order valence-electron chi connectivity index (χ3n) is 3.10. The molecule has 5 nitrogen and oxygen atoms in total. The van der Waals surface area contributed by atoms with Crippen molar-refractivity contribution in [3.63, 3.8) is 0 Å². The molecule has 0 spiro atoms. The number of furan rings is 1. The second-order valence-electron chi connectivity index (χ2n) is 4.37. The fraction of sp³-hybridized carbons (Fsp3) is 0.286. The van der Waals surface area contributed by atoms with E-state index in [0.717, 1.165) is 29.2 Å². The van der Waals surface area contributed by atoms with Gasteiger partial charge in [-0.3, -0.25) is 5.84 Å². The molecule has 2 aromatic rings. The molecule has 3 rings (SSSR count). The van der Waals surface area contributed by atoms with Crippen molar-refractivity contribution in [3.05, 3.63) is 47.9 Å². The zero-order valence-corrected chi connectivity index (χ0v) is 10.5. The van der Waals surface area contributed by atoms with Crippen LogP contribution >= 0.6 is 0 Å². The molecule has 100 valence electrons. The van der Waals surface area contributed by atoms with Crippen molar-refractivity contribution in [2.24, 2.45) is 5.84 Å². The Morgan fingerprint density at radius 1 is 1.11 bits per heavy atom. The maximum atomic E-state index is 5.68. The normalized spacial score (nSPS) is 15.8. The van der Waals surface area contributed by atoms with Crippen molar-refractivity contribution >= 4 is 0 Å². The van der Waals surface area contributed by atoms with Gasteiger partial charge in [0.15, 0.2) is 11.5 Å².